The minimum atomic E-state index is 0.162. The molecule has 0 N–H and O–H groups in total. The average molecular weight is 188 g/mol. The van der Waals surface area contributed by atoms with E-state index in [0.717, 1.165) is 0 Å². The van der Waals surface area contributed by atoms with Crippen molar-refractivity contribution in [3.63, 3.8) is 0 Å². The van der Waals surface area contributed by atoms with Crippen molar-refractivity contribution in [2.75, 3.05) is 0 Å². The van der Waals surface area contributed by atoms with Crippen molar-refractivity contribution in [1.82, 2.24) is 9.61 Å². The Morgan fingerprint density at radius 3 is 2.64 bits per heavy atom. The van der Waals surface area contributed by atoms with Crippen LogP contribution in [0, 0.1) is 6.92 Å². The summed E-state index contributed by atoms with van der Waals surface area (Å²) in [4.78, 5) is 0. The largest absolute Gasteiger partial charge is 0.241 e. The molecule has 14 heavy (non-hydrogen) atoms. The van der Waals surface area contributed by atoms with Crippen LogP contribution in [-0.4, -0.2) is 9.61 Å². The van der Waals surface area contributed by atoms with E-state index in [1.54, 1.807) is 0 Å². The van der Waals surface area contributed by atoms with Gasteiger partial charge in [0, 0.05) is 11.8 Å². The summed E-state index contributed by atoms with van der Waals surface area (Å²) < 4.78 is 1.94. The zero-order valence-corrected chi connectivity index (χ0v) is 9.20. The molecule has 0 aliphatic heterocycles. The van der Waals surface area contributed by atoms with E-state index >= 15 is 0 Å². The molecular weight excluding hydrogens is 172 g/mol. The standard InChI is InChI=1S/C12H16N2/c1-9-5-6-14-11(7-9)10(8-13-14)12(2,3)4/h5-8H,1-4H3. The third-order valence-corrected chi connectivity index (χ3v) is 2.49. The Balaban J connectivity index is 2.73. The van der Waals surface area contributed by atoms with Crippen molar-refractivity contribution in [2.24, 2.45) is 0 Å². The number of nitrogens with zero attached hydrogens (tertiary/aromatic N) is 2. The van der Waals surface area contributed by atoms with Gasteiger partial charge in [0.1, 0.15) is 0 Å². The Kier molecular flexibility index (Phi) is 1.88. The van der Waals surface area contributed by atoms with Gasteiger partial charge in [-0.25, -0.2) is 4.52 Å². The summed E-state index contributed by atoms with van der Waals surface area (Å²) in [6.45, 7) is 8.75. The Morgan fingerprint density at radius 2 is 2.00 bits per heavy atom. The number of hydrogen-bond donors (Lipinski definition) is 0. The maximum Gasteiger partial charge on any atom is 0.0701 e. The van der Waals surface area contributed by atoms with Gasteiger partial charge in [-0.3, -0.25) is 0 Å². The molecule has 0 spiro atoms. The maximum absolute atomic E-state index is 4.34. The summed E-state index contributed by atoms with van der Waals surface area (Å²) in [5.74, 6) is 0. The SMILES string of the molecule is Cc1ccn2ncc(C(C)(C)C)c2c1. The van der Waals surface area contributed by atoms with Crippen LogP contribution in [0.1, 0.15) is 31.9 Å². The lowest BCUT2D eigenvalue weighted by molar-refractivity contribution is 0.595. The molecule has 0 amide bonds. The molecular formula is C12H16N2. The number of aryl methyl sites for hydroxylation is 1. The van der Waals surface area contributed by atoms with Crippen molar-refractivity contribution >= 4 is 5.52 Å². The molecule has 0 aliphatic carbocycles. The predicted octanol–water partition coefficient (Wildman–Crippen LogP) is 2.94. The molecule has 0 saturated heterocycles. The van der Waals surface area contributed by atoms with E-state index in [1.807, 2.05) is 16.9 Å². The van der Waals surface area contributed by atoms with E-state index in [1.165, 1.54) is 16.6 Å². The highest BCUT2D eigenvalue weighted by atomic mass is 15.2. The monoisotopic (exact) mass is 188 g/mol. The molecule has 0 aliphatic rings. The van der Waals surface area contributed by atoms with Gasteiger partial charge in [-0.05, 0) is 30.0 Å². The first kappa shape index (κ1) is 9.25. The molecule has 2 aromatic rings. The van der Waals surface area contributed by atoms with E-state index in [4.69, 9.17) is 0 Å². The molecule has 0 fully saturated rings. The Labute approximate surface area is 84.6 Å². The zero-order valence-electron chi connectivity index (χ0n) is 9.20. The van der Waals surface area contributed by atoms with Gasteiger partial charge >= 0.3 is 0 Å². The van der Waals surface area contributed by atoms with Crippen LogP contribution in [0.15, 0.2) is 24.5 Å². The summed E-state index contributed by atoms with van der Waals surface area (Å²) in [7, 11) is 0. The predicted molar refractivity (Wildman–Crippen MR) is 58.6 cm³/mol. The minimum Gasteiger partial charge on any atom is -0.241 e. The second-order valence-electron chi connectivity index (χ2n) is 4.84. The average Bonchev–Trinajstić information content (AvgIpc) is 2.45. The number of pyridine rings is 1. The van der Waals surface area contributed by atoms with Gasteiger partial charge in [0.15, 0.2) is 0 Å². The van der Waals surface area contributed by atoms with Crippen LogP contribution >= 0.6 is 0 Å². The van der Waals surface area contributed by atoms with E-state index < -0.39 is 0 Å². The number of aromatic nitrogens is 2. The Morgan fingerprint density at radius 1 is 1.29 bits per heavy atom. The van der Waals surface area contributed by atoms with Crippen LogP contribution in [0.25, 0.3) is 5.52 Å². The molecule has 0 radical (unpaired) electrons. The van der Waals surface area contributed by atoms with Crippen molar-refractivity contribution in [3.8, 4) is 0 Å². The molecule has 2 aromatic heterocycles. The normalized spacial score (nSPS) is 12.3. The summed E-state index contributed by atoms with van der Waals surface area (Å²) >= 11 is 0. The highest BCUT2D eigenvalue weighted by Gasteiger charge is 2.18. The molecule has 2 heteroatoms. The van der Waals surface area contributed by atoms with Crippen molar-refractivity contribution in [1.29, 1.82) is 0 Å². The summed E-state index contributed by atoms with van der Waals surface area (Å²) in [6, 6.07) is 4.26. The fourth-order valence-corrected chi connectivity index (χ4v) is 1.66. The second-order valence-corrected chi connectivity index (χ2v) is 4.84. The van der Waals surface area contributed by atoms with Crippen molar-refractivity contribution < 1.29 is 0 Å². The van der Waals surface area contributed by atoms with Gasteiger partial charge in [-0.1, -0.05) is 20.8 Å². The van der Waals surface area contributed by atoms with Gasteiger partial charge in [-0.2, -0.15) is 5.10 Å². The van der Waals surface area contributed by atoms with Gasteiger partial charge in [-0.15, -0.1) is 0 Å². The molecule has 0 saturated carbocycles. The van der Waals surface area contributed by atoms with Gasteiger partial charge < -0.3 is 0 Å². The van der Waals surface area contributed by atoms with Crippen LogP contribution in [-0.2, 0) is 5.41 Å². The summed E-state index contributed by atoms with van der Waals surface area (Å²) in [5.41, 5.74) is 3.97. The quantitative estimate of drug-likeness (QED) is 0.621. The van der Waals surface area contributed by atoms with Gasteiger partial charge in [0.2, 0.25) is 0 Å². The van der Waals surface area contributed by atoms with E-state index in [9.17, 15) is 0 Å². The van der Waals surface area contributed by atoms with E-state index in [0.29, 0.717) is 0 Å². The lowest BCUT2D eigenvalue weighted by Crippen LogP contribution is -2.10. The van der Waals surface area contributed by atoms with Crippen molar-refractivity contribution in [3.05, 3.63) is 35.7 Å². The first-order valence-electron chi connectivity index (χ1n) is 4.93. The molecule has 0 bridgehead atoms. The minimum absolute atomic E-state index is 0.162. The van der Waals surface area contributed by atoms with Crippen LogP contribution in [0.4, 0.5) is 0 Å². The first-order valence-corrected chi connectivity index (χ1v) is 4.93. The molecule has 2 nitrogen and oxygen atoms in total. The highest BCUT2D eigenvalue weighted by Crippen LogP contribution is 2.26. The fourth-order valence-electron chi connectivity index (χ4n) is 1.66. The Hall–Kier alpha value is -1.31. The third kappa shape index (κ3) is 1.41. The first-order chi connectivity index (χ1) is 6.48. The molecule has 2 heterocycles. The molecule has 0 aromatic carbocycles. The third-order valence-electron chi connectivity index (χ3n) is 2.49. The second kappa shape index (κ2) is 2.84. The smallest absolute Gasteiger partial charge is 0.0701 e. The molecule has 0 atom stereocenters. The number of hydrogen-bond acceptors (Lipinski definition) is 1. The van der Waals surface area contributed by atoms with E-state index in [2.05, 4.69) is 44.9 Å². The molecule has 2 rings (SSSR count). The van der Waals surface area contributed by atoms with Gasteiger partial charge in [0.05, 0.1) is 11.7 Å². The Bertz CT molecular complexity index is 461. The highest BCUT2D eigenvalue weighted by molar-refractivity contribution is 5.57. The lowest BCUT2D eigenvalue weighted by atomic mass is 9.88. The number of rotatable bonds is 0. The maximum atomic E-state index is 4.34. The topological polar surface area (TPSA) is 17.3 Å². The zero-order chi connectivity index (χ0) is 10.3. The molecule has 0 unspecified atom stereocenters. The number of fused-ring (bicyclic) bond motifs is 1. The fraction of sp³-hybridized carbons (Fsp3) is 0.417. The van der Waals surface area contributed by atoms with Gasteiger partial charge in [0.25, 0.3) is 0 Å². The molecule has 74 valence electrons. The lowest BCUT2D eigenvalue weighted by Gasteiger charge is -2.16. The van der Waals surface area contributed by atoms with Crippen LogP contribution in [0.3, 0.4) is 0 Å². The summed E-state index contributed by atoms with van der Waals surface area (Å²) in [6.07, 6.45) is 3.98. The van der Waals surface area contributed by atoms with Crippen molar-refractivity contribution in [2.45, 2.75) is 33.1 Å². The van der Waals surface area contributed by atoms with Crippen LogP contribution in [0.2, 0.25) is 0 Å². The summed E-state index contributed by atoms with van der Waals surface area (Å²) in [5, 5.41) is 4.34. The van der Waals surface area contributed by atoms with Crippen LogP contribution < -0.4 is 0 Å². The van der Waals surface area contributed by atoms with Crippen LogP contribution in [0.5, 0.6) is 0 Å². The van der Waals surface area contributed by atoms with E-state index in [-0.39, 0.29) is 5.41 Å².